The third-order valence-corrected chi connectivity index (χ3v) is 1.34. The average Bonchev–Trinajstić information content (AvgIpc) is 1.98. The molecule has 1 aliphatic heterocycles. The zero-order valence-electron chi connectivity index (χ0n) is 4.77. The Bertz CT molecular complexity index is 93.1. The van der Waals surface area contributed by atoms with Gasteiger partial charge in [0.15, 0.2) is 6.29 Å². The molecule has 1 rings (SSSR count). The maximum absolute atomic E-state index is 8.84. The lowest BCUT2D eigenvalue weighted by Gasteiger charge is -2.07. The van der Waals surface area contributed by atoms with Crippen LogP contribution in [-0.4, -0.2) is 39.9 Å². The monoisotopic (exact) mass is 133 g/mol. The van der Waals surface area contributed by atoms with Crippen molar-refractivity contribution in [3.8, 4) is 0 Å². The highest BCUT2D eigenvalue weighted by molar-refractivity contribution is 4.86. The topological polar surface area (TPSA) is 69.9 Å². The van der Waals surface area contributed by atoms with Gasteiger partial charge in [0.05, 0.1) is 6.10 Å². The quantitative estimate of drug-likeness (QED) is 0.367. The van der Waals surface area contributed by atoms with E-state index in [9.17, 15) is 0 Å². The van der Waals surface area contributed by atoms with Crippen LogP contribution >= 0.6 is 0 Å². The van der Waals surface area contributed by atoms with Crippen molar-refractivity contribution in [1.29, 1.82) is 0 Å². The minimum absolute atomic E-state index is 0.727. The van der Waals surface area contributed by atoms with Crippen molar-refractivity contribution in [2.45, 2.75) is 24.6 Å². The van der Waals surface area contributed by atoms with Crippen molar-refractivity contribution < 1.29 is 20.1 Å². The number of rotatable bonds is 0. The largest absolute Gasteiger partial charge is 0.387 e. The number of ether oxygens (including phenoxy) is 1. The summed E-state index contributed by atoms with van der Waals surface area (Å²) < 4.78 is 4.53. The van der Waals surface area contributed by atoms with E-state index in [0.29, 0.717) is 0 Å². The first kappa shape index (κ1) is 6.95. The van der Waals surface area contributed by atoms with Gasteiger partial charge >= 0.3 is 0 Å². The van der Waals surface area contributed by atoms with Gasteiger partial charge in [0.1, 0.15) is 12.2 Å². The van der Waals surface area contributed by atoms with Crippen LogP contribution in [0.15, 0.2) is 0 Å². The van der Waals surface area contributed by atoms with Gasteiger partial charge in [-0.15, -0.1) is 0 Å². The lowest BCUT2D eigenvalue weighted by Crippen LogP contribution is -2.31. The minimum Gasteiger partial charge on any atom is -0.387 e. The summed E-state index contributed by atoms with van der Waals surface area (Å²) in [5.41, 5.74) is 0. The summed E-state index contributed by atoms with van der Waals surface area (Å²) in [4.78, 5) is 0. The van der Waals surface area contributed by atoms with E-state index in [0.717, 1.165) is 0 Å². The van der Waals surface area contributed by atoms with Crippen molar-refractivity contribution in [2.75, 3.05) is 0 Å². The smallest absolute Gasteiger partial charge is 0.183 e. The number of aliphatic hydroxyl groups excluding tert-OH is 3. The first-order valence-corrected chi connectivity index (χ1v) is 2.65. The van der Waals surface area contributed by atoms with Gasteiger partial charge in [-0.2, -0.15) is 0 Å². The molecule has 4 nitrogen and oxygen atoms in total. The molecule has 0 aromatic rings. The van der Waals surface area contributed by atoms with E-state index in [1.807, 2.05) is 0 Å². The Morgan fingerprint density at radius 2 is 1.67 bits per heavy atom. The second kappa shape index (κ2) is 2.22. The Kier molecular flexibility index (Phi) is 1.72. The first-order valence-electron chi connectivity index (χ1n) is 2.65. The Balaban J connectivity index is 2.54. The Hall–Kier alpha value is -0.160. The van der Waals surface area contributed by atoms with Crippen molar-refractivity contribution in [3.63, 3.8) is 0 Å². The molecule has 1 heterocycles. The van der Waals surface area contributed by atoms with Crippen LogP contribution < -0.4 is 0 Å². The van der Waals surface area contributed by atoms with E-state index in [1.54, 1.807) is 0 Å². The van der Waals surface area contributed by atoms with Gasteiger partial charge < -0.3 is 20.1 Å². The summed E-state index contributed by atoms with van der Waals surface area (Å²) in [6, 6.07) is 0. The molecule has 0 spiro atoms. The zero-order valence-corrected chi connectivity index (χ0v) is 4.77. The standard InChI is InChI=1S/C5H9O4/c1-2-3(6)4(7)5(8)9-2/h2-8H,1H2/t2-,3-,4+,5-/m1/s1. The molecule has 0 aliphatic carbocycles. The number of aliphatic hydroxyl groups is 3. The van der Waals surface area contributed by atoms with Crippen molar-refractivity contribution in [2.24, 2.45) is 0 Å². The molecule has 0 aromatic carbocycles. The molecule has 9 heavy (non-hydrogen) atoms. The molecule has 1 fully saturated rings. The van der Waals surface area contributed by atoms with Crippen LogP contribution in [0.2, 0.25) is 0 Å². The summed E-state index contributed by atoms with van der Waals surface area (Å²) >= 11 is 0. The Labute approximate surface area is 52.7 Å². The van der Waals surface area contributed by atoms with Crippen LogP contribution in [0, 0.1) is 6.92 Å². The summed E-state index contributed by atoms with van der Waals surface area (Å²) in [5, 5.41) is 26.3. The molecular weight excluding hydrogens is 124 g/mol. The summed E-state index contributed by atoms with van der Waals surface area (Å²) in [6.07, 6.45) is -4.30. The molecule has 0 amide bonds. The van der Waals surface area contributed by atoms with Crippen LogP contribution in [0.25, 0.3) is 0 Å². The maximum atomic E-state index is 8.84. The van der Waals surface area contributed by atoms with Gasteiger partial charge in [-0.25, -0.2) is 0 Å². The van der Waals surface area contributed by atoms with Gasteiger partial charge in [-0.05, 0) is 6.92 Å². The molecule has 4 heteroatoms. The van der Waals surface area contributed by atoms with Crippen LogP contribution in [-0.2, 0) is 4.74 Å². The predicted octanol–water partition coefficient (Wildman–Crippen LogP) is -1.74. The summed E-state index contributed by atoms with van der Waals surface area (Å²) in [5.74, 6) is 0. The third kappa shape index (κ3) is 1.07. The highest BCUT2D eigenvalue weighted by atomic mass is 16.6. The SMILES string of the molecule is [CH2][C@H]1O[C@@H](O)[C@@H](O)[C@@H]1O. The van der Waals surface area contributed by atoms with Gasteiger partial charge in [-0.1, -0.05) is 0 Å². The molecule has 3 N–H and O–H groups in total. The van der Waals surface area contributed by atoms with Crippen LogP contribution in [0.3, 0.4) is 0 Å². The van der Waals surface area contributed by atoms with Gasteiger partial charge in [0, 0.05) is 0 Å². The molecular formula is C5H9O4. The maximum Gasteiger partial charge on any atom is 0.183 e. The second-order valence-corrected chi connectivity index (χ2v) is 2.05. The molecule has 1 radical (unpaired) electrons. The van der Waals surface area contributed by atoms with Crippen LogP contribution in [0.4, 0.5) is 0 Å². The fourth-order valence-electron chi connectivity index (χ4n) is 0.729. The van der Waals surface area contributed by atoms with Crippen molar-refractivity contribution in [1.82, 2.24) is 0 Å². The zero-order chi connectivity index (χ0) is 7.02. The minimum atomic E-state index is -1.29. The highest BCUT2D eigenvalue weighted by Gasteiger charge is 2.38. The first-order chi connectivity index (χ1) is 4.13. The third-order valence-electron chi connectivity index (χ3n) is 1.34. The molecule has 0 bridgehead atoms. The van der Waals surface area contributed by atoms with Gasteiger partial charge in [-0.3, -0.25) is 0 Å². The van der Waals surface area contributed by atoms with Crippen LogP contribution in [0.1, 0.15) is 0 Å². The summed E-state index contributed by atoms with van der Waals surface area (Å²) in [6.45, 7) is 3.33. The average molecular weight is 133 g/mol. The van der Waals surface area contributed by atoms with Gasteiger partial charge in [0.2, 0.25) is 0 Å². The summed E-state index contributed by atoms with van der Waals surface area (Å²) in [7, 11) is 0. The van der Waals surface area contributed by atoms with Crippen LogP contribution in [0.5, 0.6) is 0 Å². The van der Waals surface area contributed by atoms with Crippen molar-refractivity contribution >= 4 is 0 Å². The molecule has 53 valence electrons. The normalized spacial score (nSPS) is 52.0. The molecule has 0 unspecified atom stereocenters. The molecule has 0 saturated carbocycles. The lowest BCUT2D eigenvalue weighted by molar-refractivity contribution is -0.120. The molecule has 1 saturated heterocycles. The fraction of sp³-hybridized carbons (Fsp3) is 0.800. The highest BCUT2D eigenvalue weighted by Crippen LogP contribution is 2.17. The molecule has 4 atom stereocenters. The Morgan fingerprint density at radius 1 is 1.11 bits per heavy atom. The van der Waals surface area contributed by atoms with E-state index in [1.165, 1.54) is 0 Å². The molecule has 1 aliphatic rings. The number of hydrogen-bond acceptors (Lipinski definition) is 4. The van der Waals surface area contributed by atoms with E-state index >= 15 is 0 Å². The Morgan fingerprint density at radius 3 is 1.78 bits per heavy atom. The van der Waals surface area contributed by atoms with E-state index < -0.39 is 24.6 Å². The van der Waals surface area contributed by atoms with E-state index in [2.05, 4.69) is 11.7 Å². The fourth-order valence-corrected chi connectivity index (χ4v) is 0.729. The predicted molar refractivity (Wildman–Crippen MR) is 28.3 cm³/mol. The molecule has 0 aromatic heterocycles. The van der Waals surface area contributed by atoms with Crippen molar-refractivity contribution in [3.05, 3.63) is 6.92 Å². The number of hydrogen-bond donors (Lipinski definition) is 3. The van der Waals surface area contributed by atoms with Gasteiger partial charge in [0.25, 0.3) is 0 Å². The lowest BCUT2D eigenvalue weighted by atomic mass is 10.2. The van der Waals surface area contributed by atoms with E-state index in [-0.39, 0.29) is 0 Å². The second-order valence-electron chi connectivity index (χ2n) is 2.05. The van der Waals surface area contributed by atoms with E-state index in [4.69, 9.17) is 15.3 Å².